The fraction of sp³-hybridized carbons (Fsp3) is 0.391. The van der Waals surface area contributed by atoms with Gasteiger partial charge in [-0.05, 0) is 55.3 Å². The monoisotopic (exact) mass is 475 g/mol. The average molecular weight is 476 g/mol. The summed E-state index contributed by atoms with van der Waals surface area (Å²) in [5.41, 5.74) is 1.95. The van der Waals surface area contributed by atoms with Gasteiger partial charge in [-0.3, -0.25) is 9.59 Å². The lowest BCUT2D eigenvalue weighted by Crippen LogP contribution is -2.30. The van der Waals surface area contributed by atoms with E-state index >= 15 is 0 Å². The van der Waals surface area contributed by atoms with Gasteiger partial charge in [0.25, 0.3) is 5.91 Å². The summed E-state index contributed by atoms with van der Waals surface area (Å²) in [6.07, 6.45) is 1.01. The van der Waals surface area contributed by atoms with Gasteiger partial charge in [-0.2, -0.15) is 4.31 Å². The SMILES string of the molecule is CCOc1ccc(S(=O)(=O)N(CC)CC)cc1NC(=O)COc1ccc2c(c1)CCC(=O)N2. The highest BCUT2D eigenvalue weighted by atomic mass is 32.2. The van der Waals surface area contributed by atoms with Crippen LogP contribution in [0.4, 0.5) is 11.4 Å². The smallest absolute Gasteiger partial charge is 0.262 e. The summed E-state index contributed by atoms with van der Waals surface area (Å²) in [5, 5.41) is 5.49. The molecule has 0 radical (unpaired) electrons. The molecule has 9 nitrogen and oxygen atoms in total. The first-order chi connectivity index (χ1) is 15.8. The number of anilines is 2. The fourth-order valence-corrected chi connectivity index (χ4v) is 5.03. The predicted octanol–water partition coefficient (Wildman–Crippen LogP) is 3.02. The Morgan fingerprint density at radius 2 is 1.82 bits per heavy atom. The Morgan fingerprint density at radius 1 is 1.06 bits per heavy atom. The molecule has 0 unspecified atom stereocenters. The van der Waals surface area contributed by atoms with E-state index < -0.39 is 15.9 Å². The van der Waals surface area contributed by atoms with Crippen molar-refractivity contribution in [3.63, 3.8) is 0 Å². The van der Waals surface area contributed by atoms with Crippen molar-refractivity contribution >= 4 is 33.2 Å². The Bertz CT molecular complexity index is 1130. The molecular formula is C23H29N3O6S. The van der Waals surface area contributed by atoms with E-state index in [9.17, 15) is 18.0 Å². The van der Waals surface area contributed by atoms with Crippen LogP contribution in [-0.4, -0.2) is 50.8 Å². The number of nitrogens with one attached hydrogen (secondary N) is 2. The third-order valence-electron chi connectivity index (χ3n) is 5.21. The molecule has 0 bridgehead atoms. The van der Waals surface area contributed by atoms with Gasteiger partial charge in [-0.1, -0.05) is 13.8 Å². The Balaban J connectivity index is 1.73. The molecule has 2 amide bonds. The fourth-order valence-electron chi connectivity index (χ4n) is 3.55. The highest BCUT2D eigenvalue weighted by Gasteiger charge is 2.23. The molecule has 1 heterocycles. The maximum Gasteiger partial charge on any atom is 0.262 e. The van der Waals surface area contributed by atoms with Crippen molar-refractivity contribution in [2.45, 2.75) is 38.5 Å². The van der Waals surface area contributed by atoms with Gasteiger partial charge in [0.2, 0.25) is 15.9 Å². The van der Waals surface area contributed by atoms with E-state index in [1.807, 2.05) is 0 Å². The van der Waals surface area contributed by atoms with Crippen molar-refractivity contribution in [1.29, 1.82) is 0 Å². The molecule has 2 aromatic carbocycles. The molecule has 0 atom stereocenters. The average Bonchev–Trinajstić information content (AvgIpc) is 2.79. The first-order valence-electron chi connectivity index (χ1n) is 10.9. The van der Waals surface area contributed by atoms with Crippen LogP contribution in [0.5, 0.6) is 11.5 Å². The number of sulfonamides is 1. The van der Waals surface area contributed by atoms with Crippen molar-refractivity contribution in [3.8, 4) is 11.5 Å². The first-order valence-corrected chi connectivity index (χ1v) is 12.3. The van der Waals surface area contributed by atoms with E-state index in [0.717, 1.165) is 11.3 Å². The number of aryl methyl sites for hydroxylation is 1. The standard InChI is InChI=1S/C23H29N3O6S/c1-4-26(5-2)33(29,30)18-9-11-21(31-6-3)20(14-18)25-23(28)15-32-17-8-10-19-16(13-17)7-12-22(27)24-19/h8-11,13-14H,4-7,12,15H2,1-3H3,(H,24,27)(H,25,28). The summed E-state index contributed by atoms with van der Waals surface area (Å²) in [6.45, 7) is 6.09. The van der Waals surface area contributed by atoms with Crippen LogP contribution in [0.3, 0.4) is 0 Å². The number of carbonyl (C=O) groups excluding carboxylic acids is 2. The van der Waals surface area contributed by atoms with Gasteiger partial charge in [-0.15, -0.1) is 0 Å². The lowest BCUT2D eigenvalue weighted by molar-refractivity contribution is -0.118. The molecule has 0 aliphatic carbocycles. The lowest BCUT2D eigenvalue weighted by atomic mass is 10.0. The third kappa shape index (κ3) is 5.82. The van der Waals surface area contributed by atoms with Crippen LogP contribution in [0.25, 0.3) is 0 Å². The van der Waals surface area contributed by atoms with Crippen LogP contribution in [0.1, 0.15) is 32.8 Å². The molecule has 178 valence electrons. The molecule has 0 spiro atoms. The highest BCUT2D eigenvalue weighted by Crippen LogP contribution is 2.30. The quantitative estimate of drug-likeness (QED) is 0.546. The van der Waals surface area contributed by atoms with Crippen molar-refractivity contribution in [1.82, 2.24) is 4.31 Å². The number of carbonyl (C=O) groups is 2. The van der Waals surface area contributed by atoms with Gasteiger partial charge >= 0.3 is 0 Å². The summed E-state index contributed by atoms with van der Waals surface area (Å²) < 4.78 is 38.3. The zero-order valence-electron chi connectivity index (χ0n) is 19.0. The van der Waals surface area contributed by atoms with Gasteiger partial charge in [0.1, 0.15) is 11.5 Å². The van der Waals surface area contributed by atoms with Crippen LogP contribution in [0.15, 0.2) is 41.3 Å². The minimum absolute atomic E-state index is 0.0223. The van der Waals surface area contributed by atoms with Gasteiger partial charge in [0.15, 0.2) is 6.61 Å². The summed E-state index contributed by atoms with van der Waals surface area (Å²) >= 11 is 0. The maximum atomic E-state index is 12.9. The molecule has 0 aromatic heterocycles. The van der Waals surface area contributed by atoms with Crippen LogP contribution in [0, 0.1) is 0 Å². The summed E-state index contributed by atoms with van der Waals surface area (Å²) in [7, 11) is -3.69. The summed E-state index contributed by atoms with van der Waals surface area (Å²) in [5.74, 6) is 0.391. The van der Waals surface area contributed by atoms with Gasteiger partial charge < -0.3 is 20.1 Å². The third-order valence-corrected chi connectivity index (χ3v) is 7.26. The van der Waals surface area contributed by atoms with Crippen LogP contribution in [-0.2, 0) is 26.0 Å². The second-order valence-electron chi connectivity index (χ2n) is 7.38. The van der Waals surface area contributed by atoms with E-state index in [2.05, 4.69) is 10.6 Å². The van der Waals surface area contributed by atoms with Gasteiger partial charge in [0, 0.05) is 25.2 Å². The number of amides is 2. The van der Waals surface area contributed by atoms with E-state index in [0.29, 0.717) is 44.0 Å². The van der Waals surface area contributed by atoms with Gasteiger partial charge in [-0.25, -0.2) is 8.42 Å². The number of nitrogens with zero attached hydrogens (tertiary/aromatic N) is 1. The number of rotatable bonds is 10. The number of fused-ring (bicyclic) bond motifs is 1. The van der Waals surface area contributed by atoms with E-state index in [-0.39, 0.29) is 23.1 Å². The van der Waals surface area contributed by atoms with Crippen LogP contribution < -0.4 is 20.1 Å². The van der Waals surface area contributed by atoms with E-state index in [1.54, 1.807) is 39.0 Å². The topological polar surface area (TPSA) is 114 Å². The van der Waals surface area contributed by atoms with Crippen LogP contribution in [0.2, 0.25) is 0 Å². The molecule has 0 fully saturated rings. The second kappa shape index (κ2) is 10.7. The summed E-state index contributed by atoms with van der Waals surface area (Å²) in [6, 6.07) is 9.63. The van der Waals surface area contributed by atoms with Crippen LogP contribution >= 0.6 is 0 Å². The Kier molecular flexibility index (Phi) is 7.93. The Hall–Kier alpha value is -3.11. The highest BCUT2D eigenvalue weighted by molar-refractivity contribution is 7.89. The lowest BCUT2D eigenvalue weighted by Gasteiger charge is -2.20. The number of hydrogen-bond acceptors (Lipinski definition) is 6. The van der Waals surface area contributed by atoms with E-state index in [4.69, 9.17) is 9.47 Å². The number of hydrogen-bond donors (Lipinski definition) is 2. The summed E-state index contributed by atoms with van der Waals surface area (Å²) in [4.78, 5) is 24.1. The van der Waals surface area contributed by atoms with Crippen molar-refractivity contribution in [2.24, 2.45) is 0 Å². The molecule has 33 heavy (non-hydrogen) atoms. The largest absolute Gasteiger partial charge is 0.492 e. The molecule has 0 saturated carbocycles. The number of ether oxygens (including phenoxy) is 2. The molecule has 10 heteroatoms. The van der Waals surface area contributed by atoms with E-state index in [1.165, 1.54) is 22.5 Å². The molecule has 3 rings (SSSR count). The van der Waals surface area contributed by atoms with Crippen molar-refractivity contribution < 1.29 is 27.5 Å². The molecule has 2 N–H and O–H groups in total. The maximum absolute atomic E-state index is 12.9. The minimum atomic E-state index is -3.69. The van der Waals surface area contributed by atoms with Gasteiger partial charge in [0.05, 0.1) is 17.2 Å². The zero-order chi connectivity index (χ0) is 24.0. The first kappa shape index (κ1) is 24.5. The Morgan fingerprint density at radius 3 is 2.52 bits per heavy atom. The van der Waals surface area contributed by atoms with Crippen molar-refractivity contribution in [2.75, 3.05) is 36.9 Å². The normalized spacial score (nSPS) is 13.3. The minimum Gasteiger partial charge on any atom is -0.492 e. The zero-order valence-corrected chi connectivity index (χ0v) is 19.8. The molecule has 1 aliphatic heterocycles. The predicted molar refractivity (Wildman–Crippen MR) is 125 cm³/mol. The molecule has 1 aliphatic rings. The van der Waals surface area contributed by atoms with Crippen molar-refractivity contribution in [3.05, 3.63) is 42.0 Å². The molecule has 0 saturated heterocycles. The Labute approximate surface area is 194 Å². The molecule has 2 aromatic rings. The second-order valence-corrected chi connectivity index (χ2v) is 9.32. The number of benzene rings is 2. The molecular weight excluding hydrogens is 446 g/mol.